The highest BCUT2D eigenvalue weighted by atomic mass is 19.1. The maximum Gasteiger partial charge on any atom is 0.254 e. The van der Waals surface area contributed by atoms with Crippen molar-refractivity contribution in [3.05, 3.63) is 63.7 Å². The average Bonchev–Trinajstić information content (AvgIpc) is 3.58. The fourth-order valence-corrected chi connectivity index (χ4v) is 5.03. The summed E-state index contributed by atoms with van der Waals surface area (Å²) in [5.74, 6) is -2.11. The normalized spacial score (nSPS) is 22.8. The van der Waals surface area contributed by atoms with E-state index in [2.05, 4.69) is 10.6 Å². The minimum Gasteiger partial charge on any atom is -0.493 e. The molecule has 10 heteroatoms. The molecule has 2 amide bonds. The maximum atomic E-state index is 15.2. The lowest BCUT2D eigenvalue weighted by Gasteiger charge is -2.28. The molecule has 3 heterocycles. The Labute approximate surface area is 213 Å². The Hall–Kier alpha value is -3.08. The van der Waals surface area contributed by atoms with Crippen molar-refractivity contribution in [3.8, 4) is 5.75 Å². The SMILES string of the molecule is O=C(NC[C@@H]1CCCO1)c1ccc(Cc2cc(C(=O)N[C@H]3CCOC[C@@H]3O)c(F)c3c2OCC3)cc1F. The molecule has 3 aliphatic heterocycles. The van der Waals surface area contributed by atoms with E-state index in [-0.39, 0.29) is 36.9 Å². The summed E-state index contributed by atoms with van der Waals surface area (Å²) in [4.78, 5) is 25.4. The molecule has 0 aromatic heterocycles. The predicted molar refractivity (Wildman–Crippen MR) is 129 cm³/mol. The zero-order chi connectivity index (χ0) is 25.9. The molecule has 2 aromatic rings. The maximum absolute atomic E-state index is 15.2. The van der Waals surface area contributed by atoms with Crippen molar-refractivity contribution in [1.29, 1.82) is 0 Å². The molecule has 5 rings (SSSR count). The number of carbonyl (C=O) groups excluding carboxylic acids is 2. The number of halogens is 2. The van der Waals surface area contributed by atoms with Gasteiger partial charge in [0.25, 0.3) is 11.8 Å². The van der Waals surface area contributed by atoms with Crippen LogP contribution < -0.4 is 15.4 Å². The van der Waals surface area contributed by atoms with Gasteiger partial charge in [0.2, 0.25) is 0 Å². The van der Waals surface area contributed by atoms with Crippen LogP contribution in [0.1, 0.15) is 56.7 Å². The van der Waals surface area contributed by atoms with E-state index in [0.717, 1.165) is 12.8 Å². The summed E-state index contributed by atoms with van der Waals surface area (Å²) >= 11 is 0. The van der Waals surface area contributed by atoms with Crippen LogP contribution in [0.15, 0.2) is 24.3 Å². The third-order valence-electron chi connectivity index (χ3n) is 7.06. The number of fused-ring (bicyclic) bond motifs is 1. The van der Waals surface area contributed by atoms with Crippen molar-refractivity contribution in [2.45, 2.75) is 50.4 Å². The molecule has 0 radical (unpaired) electrons. The second-order valence-corrected chi connectivity index (χ2v) is 9.65. The molecule has 8 nitrogen and oxygen atoms in total. The predicted octanol–water partition coefficient (Wildman–Crippen LogP) is 2.28. The number of hydrogen-bond acceptors (Lipinski definition) is 6. The van der Waals surface area contributed by atoms with Gasteiger partial charge in [-0.1, -0.05) is 6.07 Å². The molecule has 3 aliphatic rings. The van der Waals surface area contributed by atoms with Gasteiger partial charge in [-0.15, -0.1) is 0 Å². The third kappa shape index (κ3) is 5.61. The van der Waals surface area contributed by atoms with Crippen LogP contribution in [0.3, 0.4) is 0 Å². The van der Waals surface area contributed by atoms with Gasteiger partial charge in [-0.2, -0.15) is 0 Å². The summed E-state index contributed by atoms with van der Waals surface area (Å²) < 4.78 is 46.4. The number of aliphatic hydroxyl groups is 1. The molecule has 2 aromatic carbocycles. The first-order valence-electron chi connectivity index (χ1n) is 12.6. The highest BCUT2D eigenvalue weighted by Gasteiger charge is 2.30. The molecule has 2 saturated heterocycles. The van der Waals surface area contributed by atoms with Gasteiger partial charge in [0.1, 0.15) is 17.4 Å². The van der Waals surface area contributed by atoms with Crippen LogP contribution in [0.5, 0.6) is 5.75 Å². The van der Waals surface area contributed by atoms with E-state index in [4.69, 9.17) is 14.2 Å². The number of rotatable bonds is 7. The van der Waals surface area contributed by atoms with Crippen LogP contribution in [0.4, 0.5) is 8.78 Å². The summed E-state index contributed by atoms with van der Waals surface area (Å²) in [5, 5.41) is 15.5. The van der Waals surface area contributed by atoms with E-state index in [1.165, 1.54) is 18.2 Å². The van der Waals surface area contributed by atoms with Crippen LogP contribution in [0.2, 0.25) is 0 Å². The Morgan fingerprint density at radius 2 is 1.92 bits per heavy atom. The summed E-state index contributed by atoms with van der Waals surface area (Å²) in [7, 11) is 0. The standard InChI is InChI=1S/C27H30F2N2O6/c28-21-11-15(3-4-18(21)26(33)30-13-17-2-1-7-36-17)10-16-12-20(24(29)19-5-9-37-25(16)19)27(34)31-22-6-8-35-14-23(22)32/h3-4,11-12,17,22-23,32H,1-2,5-10,13-14H2,(H,30,33)(H,31,34)/t17-,22-,23-/m0/s1. The van der Waals surface area contributed by atoms with E-state index in [0.29, 0.717) is 55.0 Å². The van der Waals surface area contributed by atoms with Crippen LogP contribution >= 0.6 is 0 Å². The fraction of sp³-hybridized carbons (Fsp3) is 0.481. The van der Waals surface area contributed by atoms with Gasteiger partial charge in [-0.3, -0.25) is 9.59 Å². The Bertz CT molecular complexity index is 1180. The van der Waals surface area contributed by atoms with Gasteiger partial charge >= 0.3 is 0 Å². The molecule has 0 bridgehead atoms. The number of benzene rings is 2. The average molecular weight is 517 g/mol. The zero-order valence-corrected chi connectivity index (χ0v) is 20.4. The zero-order valence-electron chi connectivity index (χ0n) is 20.4. The van der Waals surface area contributed by atoms with Crippen molar-refractivity contribution in [1.82, 2.24) is 10.6 Å². The summed E-state index contributed by atoms with van der Waals surface area (Å²) in [5.41, 5.74) is 1.17. The van der Waals surface area contributed by atoms with Crippen LogP contribution in [0, 0.1) is 11.6 Å². The van der Waals surface area contributed by atoms with Crippen molar-refractivity contribution in [2.75, 3.05) is 33.0 Å². The van der Waals surface area contributed by atoms with E-state index in [1.807, 2.05) is 0 Å². The topological polar surface area (TPSA) is 106 Å². The van der Waals surface area contributed by atoms with Gasteiger partial charge in [-0.05, 0) is 48.6 Å². The molecule has 198 valence electrons. The number of nitrogens with one attached hydrogen (secondary N) is 2. The molecular formula is C27H30F2N2O6. The van der Waals surface area contributed by atoms with E-state index in [9.17, 15) is 19.1 Å². The van der Waals surface area contributed by atoms with Crippen molar-refractivity contribution < 1.29 is 37.7 Å². The minimum atomic E-state index is -0.873. The third-order valence-corrected chi connectivity index (χ3v) is 7.06. The first-order valence-corrected chi connectivity index (χ1v) is 12.6. The smallest absolute Gasteiger partial charge is 0.254 e. The van der Waals surface area contributed by atoms with Gasteiger partial charge in [0.15, 0.2) is 0 Å². The lowest BCUT2D eigenvalue weighted by atomic mass is 9.96. The van der Waals surface area contributed by atoms with Crippen molar-refractivity contribution in [3.63, 3.8) is 0 Å². The van der Waals surface area contributed by atoms with Gasteiger partial charge in [0, 0.05) is 38.2 Å². The van der Waals surface area contributed by atoms with Crippen LogP contribution in [-0.2, 0) is 22.3 Å². The van der Waals surface area contributed by atoms with E-state index in [1.54, 1.807) is 6.07 Å². The largest absolute Gasteiger partial charge is 0.493 e. The first kappa shape index (κ1) is 25.6. The number of amides is 2. The van der Waals surface area contributed by atoms with Crippen LogP contribution in [-0.4, -0.2) is 68.1 Å². The molecule has 3 N–H and O–H groups in total. The lowest BCUT2D eigenvalue weighted by Crippen LogP contribution is -2.48. The number of aliphatic hydroxyl groups excluding tert-OH is 1. The summed E-state index contributed by atoms with van der Waals surface area (Å²) in [6.07, 6.45) is 1.80. The second kappa shape index (κ2) is 11.1. The highest BCUT2D eigenvalue weighted by molar-refractivity contribution is 5.96. The van der Waals surface area contributed by atoms with Crippen molar-refractivity contribution in [2.24, 2.45) is 0 Å². The molecule has 37 heavy (non-hydrogen) atoms. The van der Waals surface area contributed by atoms with Crippen LogP contribution in [0.25, 0.3) is 0 Å². The van der Waals surface area contributed by atoms with Gasteiger partial charge in [0.05, 0.1) is 42.6 Å². The lowest BCUT2D eigenvalue weighted by molar-refractivity contribution is -0.0261. The highest BCUT2D eigenvalue weighted by Crippen LogP contribution is 2.35. The summed E-state index contributed by atoms with van der Waals surface area (Å²) in [6, 6.07) is 5.19. The number of hydrogen-bond donors (Lipinski definition) is 3. The quantitative estimate of drug-likeness (QED) is 0.522. The second-order valence-electron chi connectivity index (χ2n) is 9.65. The molecule has 3 atom stereocenters. The van der Waals surface area contributed by atoms with Crippen molar-refractivity contribution >= 4 is 11.8 Å². The number of ether oxygens (including phenoxy) is 3. The Balaban J connectivity index is 1.33. The Morgan fingerprint density at radius 3 is 2.68 bits per heavy atom. The molecule has 0 unspecified atom stereocenters. The Kier molecular flexibility index (Phi) is 7.68. The van der Waals surface area contributed by atoms with E-state index >= 15 is 4.39 Å². The molecule has 0 spiro atoms. The number of carbonyl (C=O) groups is 2. The fourth-order valence-electron chi connectivity index (χ4n) is 5.03. The summed E-state index contributed by atoms with van der Waals surface area (Å²) in [6.45, 7) is 1.77. The first-order chi connectivity index (χ1) is 17.9. The molecule has 0 saturated carbocycles. The van der Waals surface area contributed by atoms with E-state index < -0.39 is 35.6 Å². The van der Waals surface area contributed by atoms with Gasteiger partial charge < -0.3 is 30.0 Å². The molecular weight excluding hydrogens is 486 g/mol. The molecule has 0 aliphatic carbocycles. The van der Waals surface area contributed by atoms with Gasteiger partial charge in [-0.25, -0.2) is 8.78 Å². The molecule has 2 fully saturated rings. The minimum absolute atomic E-state index is 0.0482. The Morgan fingerprint density at radius 1 is 1.05 bits per heavy atom. The monoisotopic (exact) mass is 516 g/mol.